The number of alkyl carbamates (subject to hydrolysis) is 2. The third kappa shape index (κ3) is 8.60. The van der Waals surface area contributed by atoms with Crippen LogP contribution in [0.1, 0.15) is 49.4 Å². The van der Waals surface area contributed by atoms with Crippen LogP contribution in [0.15, 0.2) is 109 Å². The SMILES string of the molecule is COC(=O)N[C@H](C(=O)N1CCC[C@H]1c1ncc(-c2ccc3cc(-c4ccc5nc([C@@H]6COCCN6C(=O)[C@@H](NC(=O)OC)C6C=CCC=C6)[nH]c5c4)ccc3c2)[nH]1)C1C=CCC=C1. The molecule has 0 unspecified atom stereocenters. The Morgan fingerprint density at radius 1 is 0.714 bits per heavy atom. The van der Waals surface area contributed by atoms with Crippen LogP contribution in [0.4, 0.5) is 9.59 Å². The summed E-state index contributed by atoms with van der Waals surface area (Å²) in [6.07, 6.45) is 19.4. The largest absolute Gasteiger partial charge is 0.453 e. The van der Waals surface area contributed by atoms with Crippen LogP contribution >= 0.6 is 0 Å². The smallest absolute Gasteiger partial charge is 0.407 e. The monoisotopic (exact) mass is 850 g/mol. The van der Waals surface area contributed by atoms with Crippen LogP contribution in [0.2, 0.25) is 0 Å². The number of likely N-dealkylation sites (tertiary alicyclic amines) is 1. The fourth-order valence-corrected chi connectivity index (χ4v) is 9.07. The number of methoxy groups -OCH3 is 2. The number of aromatic nitrogens is 4. The number of allylic oxidation sites excluding steroid dienone is 4. The Kier molecular flexibility index (Phi) is 11.9. The number of rotatable bonds is 10. The van der Waals surface area contributed by atoms with Crippen molar-refractivity contribution in [3.05, 3.63) is 121 Å². The minimum Gasteiger partial charge on any atom is -0.453 e. The molecule has 4 heterocycles. The maximum Gasteiger partial charge on any atom is 0.407 e. The summed E-state index contributed by atoms with van der Waals surface area (Å²) in [4.78, 5) is 73.0. The molecule has 3 aromatic carbocycles. The van der Waals surface area contributed by atoms with Gasteiger partial charge < -0.3 is 44.6 Å². The third-order valence-electron chi connectivity index (χ3n) is 12.4. The molecule has 9 rings (SSSR count). The maximum atomic E-state index is 14.1. The van der Waals surface area contributed by atoms with Crippen molar-refractivity contribution in [2.75, 3.05) is 40.5 Å². The zero-order valence-electron chi connectivity index (χ0n) is 35.2. The standard InChI is InChI=1S/C48H50N8O7/c1-61-47(59)53-41(29-10-5-3-6-11-29)45(57)55-21-9-14-39(55)43-49-27-38(52-43)35-18-17-31-24-32(15-16-33(31)25-35)34-19-20-36-37(26-34)51-44(50-36)40-28-63-23-22-56(40)46(58)42(54-48(60)62-2)30-12-7-4-8-13-30/h5-8,10-13,15-20,24-27,29-30,39-42H,3-4,9,14,21-23,28H2,1-2H3,(H,49,52)(H,50,51)(H,53,59)(H,54,60)/t39-,40-,41-,42-/m0/s1. The molecular formula is C48H50N8O7. The van der Waals surface area contributed by atoms with Gasteiger partial charge in [-0.15, -0.1) is 0 Å². The highest BCUT2D eigenvalue weighted by molar-refractivity contribution is 5.92. The first-order chi connectivity index (χ1) is 30.8. The van der Waals surface area contributed by atoms with Crippen LogP contribution in [0.25, 0.3) is 44.2 Å². The highest BCUT2D eigenvalue weighted by Gasteiger charge is 2.40. The molecule has 4 aliphatic rings. The number of benzene rings is 3. The minimum atomic E-state index is -0.845. The molecule has 4 amide bonds. The van der Waals surface area contributed by atoms with E-state index in [9.17, 15) is 19.2 Å². The number of nitrogens with one attached hydrogen (secondary N) is 4. The predicted octanol–water partition coefficient (Wildman–Crippen LogP) is 7.05. The van der Waals surface area contributed by atoms with E-state index in [-0.39, 0.29) is 36.3 Å². The second-order valence-corrected chi connectivity index (χ2v) is 16.2. The quantitative estimate of drug-likeness (QED) is 0.107. The molecular weight excluding hydrogens is 801 g/mol. The average Bonchev–Trinajstić information content (AvgIpc) is 4.13. The molecule has 2 aliphatic carbocycles. The number of morpholine rings is 1. The summed E-state index contributed by atoms with van der Waals surface area (Å²) in [7, 11) is 2.58. The zero-order valence-corrected chi connectivity index (χ0v) is 35.2. The Morgan fingerprint density at radius 3 is 1.95 bits per heavy atom. The third-order valence-corrected chi connectivity index (χ3v) is 12.4. The summed E-state index contributed by atoms with van der Waals surface area (Å²) in [5, 5.41) is 7.65. The van der Waals surface area contributed by atoms with Gasteiger partial charge in [-0.2, -0.15) is 0 Å². The van der Waals surface area contributed by atoms with E-state index in [1.807, 2.05) is 71.8 Å². The van der Waals surface area contributed by atoms with Crippen LogP contribution < -0.4 is 10.6 Å². The number of ether oxygens (including phenoxy) is 3. The van der Waals surface area contributed by atoms with Gasteiger partial charge in [0.1, 0.15) is 29.8 Å². The molecule has 5 aromatic rings. The molecule has 0 saturated carbocycles. The number of fused-ring (bicyclic) bond motifs is 2. The summed E-state index contributed by atoms with van der Waals surface area (Å²) in [5.41, 5.74) is 5.44. The van der Waals surface area contributed by atoms with Crippen LogP contribution in [0.5, 0.6) is 0 Å². The molecule has 4 atom stereocenters. The fraction of sp³-hybridized carbons (Fsp3) is 0.333. The van der Waals surface area contributed by atoms with Gasteiger partial charge in [0.15, 0.2) is 0 Å². The lowest BCUT2D eigenvalue weighted by molar-refractivity contribution is -0.143. The van der Waals surface area contributed by atoms with Crippen LogP contribution in [0, 0.1) is 11.8 Å². The first kappa shape index (κ1) is 41.4. The number of hydrogen-bond donors (Lipinski definition) is 4. The summed E-state index contributed by atoms with van der Waals surface area (Å²) >= 11 is 0. The van der Waals surface area contributed by atoms with Crippen molar-refractivity contribution in [1.82, 2.24) is 40.4 Å². The Hall–Kier alpha value is -7.00. The highest BCUT2D eigenvalue weighted by Crippen LogP contribution is 2.35. The molecule has 2 fully saturated rings. The molecule has 4 N–H and O–H groups in total. The van der Waals surface area contributed by atoms with Crippen molar-refractivity contribution >= 4 is 45.8 Å². The van der Waals surface area contributed by atoms with Crippen molar-refractivity contribution < 1.29 is 33.4 Å². The summed E-state index contributed by atoms with van der Waals surface area (Å²) in [5.74, 6) is 0.325. The zero-order chi connectivity index (χ0) is 43.5. The van der Waals surface area contributed by atoms with Gasteiger partial charge in [0.25, 0.3) is 0 Å². The van der Waals surface area contributed by atoms with Gasteiger partial charge in [-0.1, -0.05) is 78.9 Å². The Balaban J connectivity index is 0.915. The highest BCUT2D eigenvalue weighted by atomic mass is 16.5. The van der Waals surface area contributed by atoms with Gasteiger partial charge in [-0.25, -0.2) is 19.6 Å². The molecule has 15 nitrogen and oxygen atoms in total. The normalized spacial score (nSPS) is 20.0. The molecule has 2 aliphatic heterocycles. The predicted molar refractivity (Wildman–Crippen MR) is 237 cm³/mol. The summed E-state index contributed by atoms with van der Waals surface area (Å²) in [6.45, 7) is 1.55. The molecule has 15 heteroatoms. The molecule has 0 bridgehead atoms. The lowest BCUT2D eigenvalue weighted by Crippen LogP contribution is -2.55. The first-order valence-electron chi connectivity index (χ1n) is 21.4. The Morgan fingerprint density at radius 2 is 1.30 bits per heavy atom. The molecule has 0 radical (unpaired) electrons. The number of carbonyl (C=O) groups excluding carboxylic acids is 4. The molecule has 324 valence electrons. The minimum absolute atomic E-state index is 0.168. The topological polar surface area (TPSA) is 184 Å². The number of aromatic amines is 2. The Labute approximate surface area is 364 Å². The molecule has 0 spiro atoms. The maximum absolute atomic E-state index is 14.1. The lowest BCUT2D eigenvalue weighted by atomic mass is 9.93. The van der Waals surface area contributed by atoms with Crippen molar-refractivity contribution in [2.24, 2.45) is 11.8 Å². The molecule has 63 heavy (non-hydrogen) atoms. The first-order valence-corrected chi connectivity index (χ1v) is 21.4. The van der Waals surface area contributed by atoms with E-state index in [1.54, 1.807) is 4.90 Å². The van der Waals surface area contributed by atoms with E-state index in [0.717, 1.165) is 69.9 Å². The van der Waals surface area contributed by atoms with Crippen LogP contribution in [-0.4, -0.2) is 106 Å². The van der Waals surface area contributed by atoms with Gasteiger partial charge in [0.05, 0.1) is 56.4 Å². The second-order valence-electron chi connectivity index (χ2n) is 16.2. The van der Waals surface area contributed by atoms with Gasteiger partial charge in [0, 0.05) is 30.5 Å². The van der Waals surface area contributed by atoms with E-state index < -0.39 is 30.3 Å². The van der Waals surface area contributed by atoms with Crippen molar-refractivity contribution in [3.8, 4) is 22.4 Å². The van der Waals surface area contributed by atoms with Crippen LogP contribution in [-0.2, 0) is 23.8 Å². The van der Waals surface area contributed by atoms with E-state index >= 15 is 0 Å². The number of carbonyl (C=O) groups is 4. The van der Waals surface area contributed by atoms with Crippen molar-refractivity contribution in [1.29, 1.82) is 0 Å². The van der Waals surface area contributed by atoms with E-state index in [2.05, 4.69) is 63.1 Å². The van der Waals surface area contributed by atoms with Gasteiger partial charge in [-0.3, -0.25) is 9.59 Å². The fourth-order valence-electron chi connectivity index (χ4n) is 9.07. The number of nitrogens with zero attached hydrogens (tertiary/aromatic N) is 4. The summed E-state index contributed by atoms with van der Waals surface area (Å²) in [6, 6.07) is 16.4. The Bertz CT molecular complexity index is 2640. The average molecular weight is 851 g/mol. The van der Waals surface area contributed by atoms with Gasteiger partial charge >= 0.3 is 12.2 Å². The van der Waals surface area contributed by atoms with E-state index in [1.165, 1.54) is 14.2 Å². The summed E-state index contributed by atoms with van der Waals surface area (Å²) < 4.78 is 15.6. The second kappa shape index (κ2) is 18.2. The number of H-pyrrole nitrogens is 2. The van der Waals surface area contributed by atoms with E-state index in [0.29, 0.717) is 31.3 Å². The molecule has 2 aromatic heterocycles. The number of hydrogen-bond acceptors (Lipinski definition) is 9. The van der Waals surface area contributed by atoms with E-state index in [4.69, 9.17) is 24.2 Å². The van der Waals surface area contributed by atoms with Crippen LogP contribution in [0.3, 0.4) is 0 Å². The number of amides is 4. The van der Waals surface area contributed by atoms with Crippen molar-refractivity contribution in [2.45, 2.75) is 49.9 Å². The molecule has 2 saturated heterocycles. The number of imidazole rings is 2. The van der Waals surface area contributed by atoms with Gasteiger partial charge in [-0.05, 0) is 71.8 Å². The van der Waals surface area contributed by atoms with Gasteiger partial charge in [0.2, 0.25) is 11.8 Å². The lowest BCUT2D eigenvalue weighted by Gasteiger charge is -2.37. The van der Waals surface area contributed by atoms with Crippen molar-refractivity contribution in [3.63, 3.8) is 0 Å².